The van der Waals surface area contributed by atoms with Crippen molar-refractivity contribution < 1.29 is 19.4 Å². The van der Waals surface area contributed by atoms with Crippen LogP contribution in [0, 0.1) is 5.41 Å². The van der Waals surface area contributed by atoms with Crippen LogP contribution in [0.25, 0.3) is 0 Å². The molecule has 0 aromatic carbocycles. The second-order valence-corrected chi connectivity index (χ2v) is 3.36. The van der Waals surface area contributed by atoms with Crippen LogP contribution in [0.4, 0.5) is 0 Å². The van der Waals surface area contributed by atoms with E-state index >= 15 is 0 Å². The number of rotatable bonds is 3. The van der Waals surface area contributed by atoms with Crippen molar-refractivity contribution in [2.24, 2.45) is 5.41 Å². The van der Waals surface area contributed by atoms with Gasteiger partial charge in [0.05, 0.1) is 12.5 Å². The van der Waals surface area contributed by atoms with E-state index in [1.807, 2.05) is 0 Å². The zero-order chi connectivity index (χ0) is 9.73. The average molecular weight is 188 g/mol. The van der Waals surface area contributed by atoms with Crippen LogP contribution in [0.15, 0.2) is 0 Å². The van der Waals surface area contributed by atoms with Gasteiger partial charge >= 0.3 is 5.97 Å². The van der Waals surface area contributed by atoms with Crippen LogP contribution in [0.5, 0.6) is 0 Å². The van der Waals surface area contributed by atoms with E-state index in [0.717, 1.165) is 0 Å². The standard InChI is InChI=1S/C9H16O4/c1-12-8(11)9(2-5-10)3-6-13-7-4-9/h10H,2-7H2,1H3. The SMILES string of the molecule is COC(=O)C1(CCO)CCOCC1. The fourth-order valence-electron chi connectivity index (χ4n) is 1.75. The Bertz CT molecular complexity index is 167. The lowest BCUT2D eigenvalue weighted by atomic mass is 9.77. The van der Waals surface area contributed by atoms with Crippen molar-refractivity contribution in [1.82, 2.24) is 0 Å². The maximum absolute atomic E-state index is 11.5. The lowest BCUT2D eigenvalue weighted by Crippen LogP contribution is -2.38. The predicted octanol–water partition coefficient (Wildman–Crippen LogP) is 0.339. The van der Waals surface area contributed by atoms with Crippen molar-refractivity contribution in [3.63, 3.8) is 0 Å². The van der Waals surface area contributed by atoms with E-state index in [4.69, 9.17) is 14.6 Å². The molecule has 4 heteroatoms. The summed E-state index contributed by atoms with van der Waals surface area (Å²) in [7, 11) is 1.39. The van der Waals surface area contributed by atoms with Gasteiger partial charge < -0.3 is 14.6 Å². The molecular weight excluding hydrogens is 172 g/mol. The summed E-state index contributed by atoms with van der Waals surface area (Å²) in [5, 5.41) is 8.88. The molecule has 0 aromatic rings. The molecule has 76 valence electrons. The molecule has 0 radical (unpaired) electrons. The largest absolute Gasteiger partial charge is 0.469 e. The van der Waals surface area contributed by atoms with Crippen LogP contribution in [0.3, 0.4) is 0 Å². The Balaban J connectivity index is 2.66. The number of esters is 1. The number of hydrogen-bond acceptors (Lipinski definition) is 4. The third-order valence-corrected chi connectivity index (χ3v) is 2.66. The van der Waals surface area contributed by atoms with Gasteiger partial charge in [0, 0.05) is 19.8 Å². The Morgan fingerprint density at radius 2 is 2.15 bits per heavy atom. The number of hydrogen-bond donors (Lipinski definition) is 1. The Morgan fingerprint density at radius 1 is 1.54 bits per heavy atom. The molecule has 13 heavy (non-hydrogen) atoms. The van der Waals surface area contributed by atoms with Gasteiger partial charge in [0.15, 0.2) is 0 Å². The van der Waals surface area contributed by atoms with Gasteiger partial charge in [-0.3, -0.25) is 4.79 Å². The highest BCUT2D eigenvalue weighted by atomic mass is 16.5. The molecule has 1 N–H and O–H groups in total. The Morgan fingerprint density at radius 3 is 2.62 bits per heavy atom. The van der Waals surface area contributed by atoms with E-state index in [1.54, 1.807) is 0 Å². The Kier molecular flexibility index (Phi) is 3.69. The second-order valence-electron chi connectivity index (χ2n) is 3.36. The third-order valence-electron chi connectivity index (χ3n) is 2.66. The average Bonchev–Trinajstić information content (AvgIpc) is 2.18. The summed E-state index contributed by atoms with van der Waals surface area (Å²) < 4.78 is 9.92. The molecule has 1 fully saturated rings. The van der Waals surface area contributed by atoms with Gasteiger partial charge in [-0.25, -0.2) is 0 Å². The van der Waals surface area contributed by atoms with E-state index in [9.17, 15) is 4.79 Å². The Hall–Kier alpha value is -0.610. The predicted molar refractivity (Wildman–Crippen MR) is 46.2 cm³/mol. The summed E-state index contributed by atoms with van der Waals surface area (Å²) in [5.74, 6) is -0.218. The molecule has 0 aromatic heterocycles. The van der Waals surface area contributed by atoms with E-state index in [1.165, 1.54) is 7.11 Å². The number of carbonyl (C=O) groups is 1. The summed E-state index contributed by atoms with van der Waals surface area (Å²) in [4.78, 5) is 11.5. The van der Waals surface area contributed by atoms with Crippen LogP contribution in [-0.4, -0.2) is 38.0 Å². The van der Waals surface area contributed by atoms with Crippen molar-refractivity contribution >= 4 is 5.97 Å². The fourth-order valence-corrected chi connectivity index (χ4v) is 1.75. The van der Waals surface area contributed by atoms with Gasteiger partial charge in [0.1, 0.15) is 0 Å². The highest BCUT2D eigenvalue weighted by Crippen LogP contribution is 2.35. The maximum atomic E-state index is 11.5. The van der Waals surface area contributed by atoms with E-state index < -0.39 is 5.41 Å². The van der Waals surface area contributed by atoms with Crippen LogP contribution in [0.1, 0.15) is 19.3 Å². The lowest BCUT2D eigenvalue weighted by molar-refractivity contribution is -0.160. The molecule has 0 saturated carbocycles. The quantitative estimate of drug-likeness (QED) is 0.649. The van der Waals surface area contributed by atoms with Crippen molar-refractivity contribution in [3.8, 4) is 0 Å². The van der Waals surface area contributed by atoms with Crippen LogP contribution >= 0.6 is 0 Å². The van der Waals surface area contributed by atoms with E-state index in [2.05, 4.69) is 0 Å². The molecular formula is C9H16O4. The first-order valence-corrected chi connectivity index (χ1v) is 4.52. The first kappa shape index (κ1) is 10.5. The zero-order valence-corrected chi connectivity index (χ0v) is 7.91. The molecule has 4 nitrogen and oxygen atoms in total. The molecule has 1 saturated heterocycles. The van der Waals surface area contributed by atoms with Crippen LogP contribution in [0.2, 0.25) is 0 Å². The monoisotopic (exact) mass is 188 g/mol. The third kappa shape index (κ3) is 2.19. The number of methoxy groups -OCH3 is 1. The minimum Gasteiger partial charge on any atom is -0.469 e. The second kappa shape index (κ2) is 4.58. The van der Waals surface area contributed by atoms with Gasteiger partial charge in [0.25, 0.3) is 0 Å². The first-order chi connectivity index (χ1) is 6.25. The van der Waals surface area contributed by atoms with Crippen molar-refractivity contribution in [1.29, 1.82) is 0 Å². The minimum absolute atomic E-state index is 0.0229. The van der Waals surface area contributed by atoms with E-state index in [0.29, 0.717) is 32.5 Å². The summed E-state index contributed by atoms with van der Waals surface area (Å²) in [5.41, 5.74) is -0.498. The summed E-state index contributed by atoms with van der Waals surface area (Å²) >= 11 is 0. The van der Waals surface area contributed by atoms with Crippen molar-refractivity contribution in [2.45, 2.75) is 19.3 Å². The van der Waals surface area contributed by atoms with Gasteiger partial charge in [-0.1, -0.05) is 0 Å². The van der Waals surface area contributed by atoms with Gasteiger partial charge in [-0.2, -0.15) is 0 Å². The summed E-state index contributed by atoms with van der Waals surface area (Å²) in [6, 6.07) is 0. The van der Waals surface area contributed by atoms with Gasteiger partial charge in [-0.05, 0) is 19.3 Å². The summed E-state index contributed by atoms with van der Waals surface area (Å²) in [6.45, 7) is 1.18. The van der Waals surface area contributed by atoms with Crippen molar-refractivity contribution in [2.75, 3.05) is 26.9 Å². The van der Waals surface area contributed by atoms with Crippen molar-refractivity contribution in [3.05, 3.63) is 0 Å². The lowest BCUT2D eigenvalue weighted by Gasteiger charge is -2.33. The molecule has 1 rings (SSSR count). The number of ether oxygens (including phenoxy) is 2. The number of aliphatic hydroxyl groups excluding tert-OH is 1. The molecule has 1 aliphatic heterocycles. The molecule has 1 heterocycles. The molecule has 0 unspecified atom stereocenters. The molecule has 1 aliphatic rings. The molecule has 0 bridgehead atoms. The smallest absolute Gasteiger partial charge is 0.312 e. The molecule has 0 aliphatic carbocycles. The maximum Gasteiger partial charge on any atom is 0.312 e. The molecule has 0 atom stereocenters. The van der Waals surface area contributed by atoms with E-state index in [-0.39, 0.29) is 12.6 Å². The fraction of sp³-hybridized carbons (Fsp3) is 0.889. The Labute approximate surface area is 77.8 Å². The van der Waals surface area contributed by atoms with Gasteiger partial charge in [0.2, 0.25) is 0 Å². The molecule has 0 amide bonds. The number of carbonyl (C=O) groups excluding carboxylic acids is 1. The first-order valence-electron chi connectivity index (χ1n) is 4.52. The van der Waals surface area contributed by atoms with Crippen LogP contribution in [-0.2, 0) is 14.3 Å². The minimum atomic E-state index is -0.498. The zero-order valence-electron chi connectivity index (χ0n) is 7.91. The molecule has 0 spiro atoms. The van der Waals surface area contributed by atoms with Gasteiger partial charge in [-0.15, -0.1) is 0 Å². The highest BCUT2D eigenvalue weighted by molar-refractivity contribution is 5.76. The normalized spacial score (nSPS) is 21.1. The number of aliphatic hydroxyl groups is 1. The summed E-state index contributed by atoms with van der Waals surface area (Å²) in [6.07, 6.45) is 1.78. The highest BCUT2D eigenvalue weighted by Gasteiger charge is 2.40. The topological polar surface area (TPSA) is 55.8 Å². The van der Waals surface area contributed by atoms with Crippen LogP contribution < -0.4 is 0 Å².